The minimum atomic E-state index is -0.0456. The maximum Gasteiger partial charge on any atom is 0.238 e. The number of aromatic nitrogens is 1. The van der Waals surface area contributed by atoms with E-state index in [1.54, 1.807) is 11.3 Å². The molecule has 1 aromatic carbocycles. The van der Waals surface area contributed by atoms with Crippen molar-refractivity contribution in [2.24, 2.45) is 0 Å². The summed E-state index contributed by atoms with van der Waals surface area (Å²) in [7, 11) is 0. The molecule has 0 radical (unpaired) electrons. The van der Waals surface area contributed by atoms with Gasteiger partial charge in [-0.1, -0.05) is 12.1 Å². The topological polar surface area (TPSA) is 54.0 Å². The standard InChI is InChI=1S/C15H19N3OS/c1-10-5-4-6-13(7-10)18-14(19)9-16-12(3)15-17-8-11(2)20-15/h4-8,12,16H,9H2,1-3H3,(H,18,19). The molecular formula is C15H19N3OS. The van der Waals surface area contributed by atoms with Crippen LogP contribution >= 0.6 is 11.3 Å². The Morgan fingerprint density at radius 2 is 2.20 bits per heavy atom. The van der Waals surface area contributed by atoms with Gasteiger partial charge in [0.2, 0.25) is 5.91 Å². The zero-order chi connectivity index (χ0) is 14.5. The first-order valence-electron chi connectivity index (χ1n) is 6.57. The van der Waals surface area contributed by atoms with Crippen molar-refractivity contribution < 1.29 is 4.79 Å². The predicted octanol–water partition coefficient (Wildman–Crippen LogP) is 3.05. The van der Waals surface area contributed by atoms with Gasteiger partial charge in [0.05, 0.1) is 12.6 Å². The van der Waals surface area contributed by atoms with Crippen LogP contribution in [0.15, 0.2) is 30.5 Å². The van der Waals surface area contributed by atoms with Crippen molar-refractivity contribution in [3.8, 4) is 0 Å². The van der Waals surface area contributed by atoms with Crippen molar-refractivity contribution in [2.45, 2.75) is 26.8 Å². The second-order valence-electron chi connectivity index (χ2n) is 4.83. The molecule has 0 saturated carbocycles. The number of thiazole rings is 1. The minimum Gasteiger partial charge on any atom is -0.325 e. The first-order chi connectivity index (χ1) is 9.54. The quantitative estimate of drug-likeness (QED) is 0.889. The van der Waals surface area contributed by atoms with Crippen molar-refractivity contribution in [1.82, 2.24) is 10.3 Å². The second kappa shape index (κ2) is 6.63. The molecule has 2 rings (SSSR count). The molecule has 4 nitrogen and oxygen atoms in total. The van der Waals surface area contributed by atoms with Crippen LogP contribution in [0.5, 0.6) is 0 Å². The summed E-state index contributed by atoms with van der Waals surface area (Å²) < 4.78 is 0. The lowest BCUT2D eigenvalue weighted by molar-refractivity contribution is -0.115. The Kier molecular flexibility index (Phi) is 4.87. The summed E-state index contributed by atoms with van der Waals surface area (Å²) in [5.41, 5.74) is 1.96. The SMILES string of the molecule is Cc1cccc(NC(=O)CNC(C)c2ncc(C)s2)c1. The summed E-state index contributed by atoms with van der Waals surface area (Å²) in [4.78, 5) is 17.4. The molecule has 20 heavy (non-hydrogen) atoms. The average molecular weight is 289 g/mol. The molecule has 1 amide bonds. The fourth-order valence-electron chi connectivity index (χ4n) is 1.83. The number of carbonyl (C=O) groups is 1. The van der Waals surface area contributed by atoms with Gasteiger partial charge in [-0.2, -0.15) is 0 Å². The Morgan fingerprint density at radius 1 is 1.40 bits per heavy atom. The van der Waals surface area contributed by atoms with Crippen LogP contribution in [0.1, 0.15) is 28.4 Å². The molecule has 2 aromatic rings. The lowest BCUT2D eigenvalue weighted by Gasteiger charge is -2.11. The third-order valence-corrected chi connectivity index (χ3v) is 3.98. The van der Waals surface area contributed by atoms with Crippen LogP contribution in [0.3, 0.4) is 0 Å². The smallest absolute Gasteiger partial charge is 0.238 e. The summed E-state index contributed by atoms with van der Waals surface area (Å²) in [6.45, 7) is 6.31. The highest BCUT2D eigenvalue weighted by molar-refractivity contribution is 7.11. The van der Waals surface area contributed by atoms with E-state index in [4.69, 9.17) is 0 Å². The van der Waals surface area contributed by atoms with Crippen molar-refractivity contribution in [3.05, 3.63) is 45.9 Å². The third kappa shape index (κ3) is 4.15. The number of benzene rings is 1. The maximum absolute atomic E-state index is 11.9. The number of rotatable bonds is 5. The molecule has 0 aliphatic rings. The van der Waals surface area contributed by atoms with Crippen LogP contribution in [0.2, 0.25) is 0 Å². The molecule has 0 aliphatic carbocycles. The maximum atomic E-state index is 11.9. The van der Waals surface area contributed by atoms with Gasteiger partial charge in [0.15, 0.2) is 0 Å². The molecule has 1 atom stereocenters. The molecule has 0 spiro atoms. The molecule has 0 bridgehead atoms. The molecule has 0 aliphatic heterocycles. The molecule has 106 valence electrons. The van der Waals surface area contributed by atoms with Gasteiger partial charge in [0.1, 0.15) is 5.01 Å². The van der Waals surface area contributed by atoms with E-state index in [2.05, 4.69) is 15.6 Å². The largest absolute Gasteiger partial charge is 0.325 e. The number of nitrogens with zero attached hydrogens (tertiary/aromatic N) is 1. The summed E-state index contributed by atoms with van der Waals surface area (Å²) in [5.74, 6) is -0.0456. The van der Waals surface area contributed by atoms with E-state index in [1.807, 2.05) is 51.2 Å². The Hall–Kier alpha value is -1.72. The predicted molar refractivity (Wildman–Crippen MR) is 83.1 cm³/mol. The van der Waals surface area contributed by atoms with Gasteiger partial charge in [-0.05, 0) is 38.5 Å². The molecule has 2 N–H and O–H groups in total. The Bertz CT molecular complexity index is 594. The number of nitrogens with one attached hydrogen (secondary N) is 2. The highest BCUT2D eigenvalue weighted by Crippen LogP contribution is 2.18. The molecule has 1 heterocycles. The van der Waals surface area contributed by atoms with Crippen molar-refractivity contribution >= 4 is 22.9 Å². The van der Waals surface area contributed by atoms with E-state index in [0.717, 1.165) is 16.3 Å². The second-order valence-corrected chi connectivity index (χ2v) is 6.10. The lowest BCUT2D eigenvalue weighted by Crippen LogP contribution is -2.30. The van der Waals surface area contributed by atoms with E-state index in [-0.39, 0.29) is 18.5 Å². The molecule has 0 saturated heterocycles. The Balaban J connectivity index is 1.83. The number of hydrogen-bond acceptors (Lipinski definition) is 4. The van der Waals surface area contributed by atoms with E-state index < -0.39 is 0 Å². The van der Waals surface area contributed by atoms with Crippen LogP contribution in [0.4, 0.5) is 5.69 Å². The van der Waals surface area contributed by atoms with E-state index in [9.17, 15) is 4.79 Å². The monoisotopic (exact) mass is 289 g/mol. The number of amides is 1. The van der Waals surface area contributed by atoms with E-state index >= 15 is 0 Å². The lowest BCUT2D eigenvalue weighted by atomic mass is 10.2. The number of hydrogen-bond donors (Lipinski definition) is 2. The molecular weight excluding hydrogens is 270 g/mol. The van der Waals surface area contributed by atoms with Gasteiger partial charge >= 0.3 is 0 Å². The summed E-state index contributed by atoms with van der Waals surface area (Å²) in [6.07, 6.45) is 1.85. The number of aryl methyl sites for hydroxylation is 2. The molecule has 1 aromatic heterocycles. The van der Waals surface area contributed by atoms with Gasteiger partial charge in [-0.15, -0.1) is 11.3 Å². The van der Waals surface area contributed by atoms with Gasteiger partial charge < -0.3 is 5.32 Å². The normalized spacial score (nSPS) is 12.2. The highest BCUT2D eigenvalue weighted by atomic mass is 32.1. The van der Waals surface area contributed by atoms with Gasteiger partial charge in [0.25, 0.3) is 0 Å². The molecule has 5 heteroatoms. The molecule has 0 fully saturated rings. The molecule has 1 unspecified atom stereocenters. The first kappa shape index (κ1) is 14.7. The van der Waals surface area contributed by atoms with Crippen LogP contribution < -0.4 is 10.6 Å². The minimum absolute atomic E-state index is 0.0456. The average Bonchev–Trinajstić information content (AvgIpc) is 2.83. The fourth-order valence-corrected chi connectivity index (χ4v) is 2.63. The van der Waals surface area contributed by atoms with Gasteiger partial charge in [-0.25, -0.2) is 4.98 Å². The summed E-state index contributed by atoms with van der Waals surface area (Å²) in [5, 5.41) is 7.06. The highest BCUT2D eigenvalue weighted by Gasteiger charge is 2.10. The van der Waals surface area contributed by atoms with E-state index in [0.29, 0.717) is 0 Å². The number of anilines is 1. The van der Waals surface area contributed by atoms with Crippen molar-refractivity contribution in [1.29, 1.82) is 0 Å². The number of carbonyl (C=O) groups excluding carboxylic acids is 1. The zero-order valence-corrected chi connectivity index (χ0v) is 12.8. The zero-order valence-electron chi connectivity index (χ0n) is 11.9. The van der Waals surface area contributed by atoms with E-state index in [1.165, 1.54) is 4.88 Å². The first-order valence-corrected chi connectivity index (χ1v) is 7.38. The Labute approximate surface area is 123 Å². The van der Waals surface area contributed by atoms with Crippen LogP contribution in [0, 0.1) is 13.8 Å². The fraction of sp³-hybridized carbons (Fsp3) is 0.333. The summed E-state index contributed by atoms with van der Waals surface area (Å²) in [6, 6.07) is 7.85. The van der Waals surface area contributed by atoms with Crippen LogP contribution in [-0.2, 0) is 4.79 Å². The van der Waals surface area contributed by atoms with Crippen molar-refractivity contribution in [3.63, 3.8) is 0 Å². The Morgan fingerprint density at radius 3 is 2.85 bits per heavy atom. The van der Waals surface area contributed by atoms with Gasteiger partial charge in [-0.3, -0.25) is 10.1 Å². The van der Waals surface area contributed by atoms with Crippen molar-refractivity contribution in [2.75, 3.05) is 11.9 Å². The van der Waals surface area contributed by atoms with Crippen LogP contribution in [0.25, 0.3) is 0 Å². The third-order valence-electron chi connectivity index (χ3n) is 2.88. The van der Waals surface area contributed by atoms with Crippen LogP contribution in [-0.4, -0.2) is 17.4 Å². The summed E-state index contributed by atoms with van der Waals surface area (Å²) >= 11 is 1.65. The van der Waals surface area contributed by atoms with Gasteiger partial charge in [0, 0.05) is 16.8 Å².